The van der Waals surface area contributed by atoms with Crippen LogP contribution in [0.4, 0.5) is 5.69 Å². The van der Waals surface area contributed by atoms with Crippen LogP contribution in [0.5, 0.6) is 0 Å². The van der Waals surface area contributed by atoms with Gasteiger partial charge in [-0.1, -0.05) is 49.9 Å². The van der Waals surface area contributed by atoms with Crippen LogP contribution in [0.15, 0.2) is 36.4 Å². The molecule has 0 unspecified atom stereocenters. The van der Waals surface area contributed by atoms with Crippen LogP contribution in [0.3, 0.4) is 0 Å². The molecule has 3 N–H and O–H groups in total. The van der Waals surface area contributed by atoms with Crippen molar-refractivity contribution < 1.29 is 19.5 Å². The second-order valence-electron chi connectivity index (χ2n) is 9.19. The van der Waals surface area contributed by atoms with E-state index in [4.69, 9.17) is 16.7 Å². The van der Waals surface area contributed by atoms with Crippen LogP contribution < -0.4 is 10.6 Å². The molecule has 0 bridgehead atoms. The fourth-order valence-corrected chi connectivity index (χ4v) is 5.49. The zero-order chi connectivity index (χ0) is 24.7. The van der Waals surface area contributed by atoms with Gasteiger partial charge < -0.3 is 20.6 Å². The third kappa shape index (κ3) is 5.81. The molecule has 186 valence electrons. The van der Waals surface area contributed by atoms with Crippen molar-refractivity contribution in [2.75, 3.05) is 25.5 Å². The molecular weight excluding hydrogens is 454 g/mol. The van der Waals surface area contributed by atoms with E-state index < -0.39 is 17.9 Å². The van der Waals surface area contributed by atoms with Crippen molar-refractivity contribution in [2.45, 2.75) is 51.5 Å². The van der Waals surface area contributed by atoms with E-state index in [1.807, 2.05) is 12.2 Å². The number of anilines is 1. The topological polar surface area (TPSA) is 98.7 Å². The molecule has 0 radical (unpaired) electrons. The lowest BCUT2D eigenvalue weighted by Gasteiger charge is -2.34. The number of unbranched alkanes of at least 4 members (excludes halogenated alkanes) is 3. The quantitative estimate of drug-likeness (QED) is 0.326. The number of likely N-dealkylation sites (tertiary alicyclic amines) is 1. The van der Waals surface area contributed by atoms with Crippen molar-refractivity contribution in [3.63, 3.8) is 0 Å². The van der Waals surface area contributed by atoms with E-state index in [0.717, 1.165) is 38.5 Å². The van der Waals surface area contributed by atoms with Gasteiger partial charge in [-0.15, -0.1) is 0 Å². The number of aliphatic hydroxyl groups excluding tert-OH is 1. The number of carbonyl (C=O) groups is 3. The van der Waals surface area contributed by atoms with Gasteiger partial charge >= 0.3 is 0 Å². The van der Waals surface area contributed by atoms with Crippen LogP contribution in [0.1, 0.15) is 45.4 Å². The maximum atomic E-state index is 13.7. The van der Waals surface area contributed by atoms with E-state index in [1.54, 1.807) is 36.2 Å². The normalized spacial score (nSPS) is 25.8. The molecule has 3 amide bonds. The number of benzene rings is 1. The highest BCUT2D eigenvalue weighted by atomic mass is 35.5. The van der Waals surface area contributed by atoms with Gasteiger partial charge in [0, 0.05) is 36.8 Å². The van der Waals surface area contributed by atoms with E-state index in [-0.39, 0.29) is 36.2 Å². The number of halogens is 1. The van der Waals surface area contributed by atoms with Crippen LogP contribution in [0.2, 0.25) is 5.02 Å². The summed E-state index contributed by atoms with van der Waals surface area (Å²) in [5, 5.41) is 15.3. The summed E-state index contributed by atoms with van der Waals surface area (Å²) in [7, 11) is 1.60. The Morgan fingerprint density at radius 1 is 1.06 bits per heavy atom. The molecule has 0 aromatic heterocycles. The lowest BCUT2D eigenvalue weighted by Crippen LogP contribution is -2.45. The second kappa shape index (κ2) is 12.4. The molecule has 34 heavy (non-hydrogen) atoms. The number of nitrogens with zero attached hydrogens (tertiary/aromatic N) is 1. The van der Waals surface area contributed by atoms with Gasteiger partial charge in [0.05, 0.1) is 11.8 Å². The molecule has 0 spiro atoms. The Labute approximate surface area is 206 Å². The number of hydrogen-bond acceptors (Lipinski definition) is 4. The number of amides is 3. The van der Waals surface area contributed by atoms with Crippen LogP contribution in [0.25, 0.3) is 0 Å². The minimum atomic E-state index is -0.683. The predicted octanol–water partition coefficient (Wildman–Crippen LogP) is 3.62. The first-order chi connectivity index (χ1) is 16.4. The summed E-state index contributed by atoms with van der Waals surface area (Å²) in [6.07, 6.45) is 8.93. The first-order valence-corrected chi connectivity index (χ1v) is 12.7. The largest absolute Gasteiger partial charge is 0.396 e. The Balaban J connectivity index is 1.89. The molecule has 5 atom stereocenters. The first-order valence-electron chi connectivity index (χ1n) is 12.3. The van der Waals surface area contributed by atoms with Crippen molar-refractivity contribution in [1.29, 1.82) is 0 Å². The molecule has 7 nitrogen and oxygen atoms in total. The van der Waals surface area contributed by atoms with Gasteiger partial charge in [-0.05, 0) is 49.4 Å². The van der Waals surface area contributed by atoms with Gasteiger partial charge in [-0.25, -0.2) is 0 Å². The molecular formula is C26H36ClN3O4. The lowest BCUT2D eigenvalue weighted by atomic mass is 9.68. The minimum Gasteiger partial charge on any atom is -0.396 e. The summed E-state index contributed by atoms with van der Waals surface area (Å²) in [5.41, 5.74) is 0.611. The van der Waals surface area contributed by atoms with E-state index in [9.17, 15) is 14.4 Å². The predicted molar refractivity (Wildman–Crippen MR) is 133 cm³/mol. The fraction of sp³-hybridized carbons (Fsp3) is 0.577. The Morgan fingerprint density at radius 2 is 1.76 bits per heavy atom. The molecule has 1 aromatic rings. The monoisotopic (exact) mass is 489 g/mol. The highest BCUT2D eigenvalue weighted by Gasteiger charge is 2.56. The Kier molecular flexibility index (Phi) is 9.54. The molecule has 1 heterocycles. The molecule has 8 heteroatoms. The highest BCUT2D eigenvalue weighted by Crippen LogP contribution is 2.45. The maximum Gasteiger partial charge on any atom is 0.247 e. The maximum absolute atomic E-state index is 13.7. The molecule has 1 fully saturated rings. The average molecular weight is 490 g/mol. The standard InChI is InChI=1S/C26H36ClN3O4/c1-3-8-17-9-14-20-22(21(17)24(32)28-2)26(34)30(15-6-4-5-7-16-31)23(20)25(33)29-19-12-10-18(27)11-13-19/h9-14,17,20-23,31H,3-8,15-16H2,1-2H3,(H,28,32)(H,29,33)/t17-,20+,21-,22+,23+/m1/s1. The van der Waals surface area contributed by atoms with Gasteiger partial charge in [0.1, 0.15) is 6.04 Å². The summed E-state index contributed by atoms with van der Waals surface area (Å²) in [5.74, 6) is -1.96. The summed E-state index contributed by atoms with van der Waals surface area (Å²) in [6, 6.07) is 6.19. The number of nitrogens with one attached hydrogen (secondary N) is 2. The zero-order valence-electron chi connectivity index (χ0n) is 20.0. The number of allylic oxidation sites excluding steroid dienone is 1. The van der Waals surface area contributed by atoms with Gasteiger partial charge in [0.2, 0.25) is 17.7 Å². The summed E-state index contributed by atoms with van der Waals surface area (Å²) in [6.45, 7) is 2.66. The Hall–Kier alpha value is -2.38. The van der Waals surface area contributed by atoms with Crippen molar-refractivity contribution >= 4 is 35.0 Å². The third-order valence-corrected chi connectivity index (χ3v) is 7.22. The Morgan fingerprint density at radius 3 is 2.41 bits per heavy atom. The smallest absolute Gasteiger partial charge is 0.247 e. The summed E-state index contributed by atoms with van der Waals surface area (Å²) in [4.78, 5) is 41.8. The lowest BCUT2D eigenvalue weighted by molar-refractivity contribution is -0.140. The molecule has 1 aliphatic heterocycles. The second-order valence-corrected chi connectivity index (χ2v) is 9.63. The van der Waals surface area contributed by atoms with Crippen molar-refractivity contribution in [2.24, 2.45) is 23.7 Å². The SMILES string of the molecule is CCC[C@@H]1C=C[C@H]2[C@H](C(=O)N(CCCCCCO)[C@@H]2C(=O)Nc2ccc(Cl)cc2)[C@@H]1C(=O)NC. The number of fused-ring (bicyclic) bond motifs is 1. The number of hydrogen-bond donors (Lipinski definition) is 3. The van der Waals surface area contributed by atoms with Crippen LogP contribution in [-0.2, 0) is 14.4 Å². The zero-order valence-corrected chi connectivity index (χ0v) is 20.8. The fourth-order valence-electron chi connectivity index (χ4n) is 5.37. The van der Waals surface area contributed by atoms with Gasteiger partial charge in [0.25, 0.3) is 0 Å². The average Bonchev–Trinajstić information content (AvgIpc) is 3.11. The number of rotatable bonds is 11. The van der Waals surface area contributed by atoms with Crippen LogP contribution in [-0.4, -0.2) is 54.0 Å². The molecule has 2 aliphatic rings. The number of aliphatic hydroxyl groups is 1. The van der Waals surface area contributed by atoms with E-state index in [0.29, 0.717) is 17.3 Å². The van der Waals surface area contributed by atoms with Gasteiger partial charge in [0.15, 0.2) is 0 Å². The van der Waals surface area contributed by atoms with E-state index in [2.05, 4.69) is 17.6 Å². The molecule has 1 saturated heterocycles. The third-order valence-electron chi connectivity index (χ3n) is 6.97. The van der Waals surface area contributed by atoms with Crippen molar-refractivity contribution in [3.8, 4) is 0 Å². The van der Waals surface area contributed by atoms with Crippen LogP contribution in [0, 0.1) is 23.7 Å². The summed E-state index contributed by atoms with van der Waals surface area (Å²) >= 11 is 5.97. The Bertz CT molecular complexity index is 889. The number of carbonyl (C=O) groups excluding carboxylic acids is 3. The summed E-state index contributed by atoms with van der Waals surface area (Å²) < 4.78 is 0. The van der Waals surface area contributed by atoms with E-state index in [1.165, 1.54) is 0 Å². The van der Waals surface area contributed by atoms with Crippen molar-refractivity contribution in [1.82, 2.24) is 10.2 Å². The first kappa shape index (κ1) is 26.2. The molecule has 1 aliphatic carbocycles. The molecule has 1 aromatic carbocycles. The van der Waals surface area contributed by atoms with Gasteiger partial charge in [-0.2, -0.15) is 0 Å². The molecule has 0 saturated carbocycles. The van der Waals surface area contributed by atoms with Gasteiger partial charge in [-0.3, -0.25) is 14.4 Å². The van der Waals surface area contributed by atoms with Crippen LogP contribution >= 0.6 is 11.6 Å². The minimum absolute atomic E-state index is 0.0281. The highest BCUT2D eigenvalue weighted by molar-refractivity contribution is 6.30. The molecule has 3 rings (SSSR count). The van der Waals surface area contributed by atoms with E-state index >= 15 is 0 Å². The van der Waals surface area contributed by atoms with Crippen molar-refractivity contribution in [3.05, 3.63) is 41.4 Å².